The molecule has 5 nitrogen and oxygen atoms in total. The number of H-pyrrole nitrogens is 1. The first-order valence-electron chi connectivity index (χ1n) is 6.27. The highest BCUT2D eigenvalue weighted by molar-refractivity contribution is 7.89. The van der Waals surface area contributed by atoms with Gasteiger partial charge in [0.05, 0.1) is 4.90 Å². The second kappa shape index (κ2) is 6.36. The van der Waals surface area contributed by atoms with Gasteiger partial charge in [0.25, 0.3) is 0 Å². The largest absolute Gasteiger partial charge is 0.363 e. The Balaban J connectivity index is 2.76. The molecule has 18 heavy (non-hydrogen) atoms. The normalized spacial score (nSPS) is 14.1. The van der Waals surface area contributed by atoms with Gasteiger partial charge in [-0.3, -0.25) is 0 Å². The number of nitrogens with one attached hydrogen (secondary N) is 3. The van der Waals surface area contributed by atoms with E-state index in [1.54, 1.807) is 6.07 Å². The molecule has 0 radical (unpaired) electrons. The fourth-order valence-corrected chi connectivity index (χ4v) is 2.79. The topological polar surface area (TPSA) is 74.0 Å². The van der Waals surface area contributed by atoms with Crippen molar-refractivity contribution in [3.63, 3.8) is 0 Å². The first-order valence-corrected chi connectivity index (χ1v) is 7.75. The first-order chi connectivity index (χ1) is 8.36. The van der Waals surface area contributed by atoms with E-state index in [-0.39, 0.29) is 12.0 Å². The minimum Gasteiger partial charge on any atom is -0.363 e. The summed E-state index contributed by atoms with van der Waals surface area (Å²) < 4.78 is 26.8. The molecule has 0 fully saturated rings. The van der Waals surface area contributed by atoms with Crippen LogP contribution in [0.25, 0.3) is 0 Å². The lowest BCUT2D eigenvalue weighted by Gasteiger charge is -2.16. The Kier molecular flexibility index (Phi) is 5.37. The molecule has 0 saturated carbocycles. The van der Waals surface area contributed by atoms with Crippen molar-refractivity contribution in [2.24, 2.45) is 5.92 Å². The number of rotatable bonds is 7. The summed E-state index contributed by atoms with van der Waals surface area (Å²) in [6.45, 7) is 9.35. The summed E-state index contributed by atoms with van der Waals surface area (Å²) in [7, 11) is -3.42. The van der Waals surface area contributed by atoms with Crippen molar-refractivity contribution in [3.8, 4) is 0 Å². The number of hydrogen-bond acceptors (Lipinski definition) is 3. The zero-order valence-electron chi connectivity index (χ0n) is 11.4. The third kappa shape index (κ3) is 4.12. The molecule has 104 valence electrons. The number of sulfonamides is 1. The molecule has 0 amide bonds. The average Bonchev–Trinajstić information content (AvgIpc) is 2.74. The van der Waals surface area contributed by atoms with E-state index in [2.05, 4.69) is 15.0 Å². The van der Waals surface area contributed by atoms with Crippen molar-refractivity contribution in [2.75, 3.05) is 6.54 Å². The summed E-state index contributed by atoms with van der Waals surface area (Å²) in [6.07, 6.45) is 1.53. The van der Waals surface area contributed by atoms with Crippen LogP contribution < -0.4 is 10.0 Å². The van der Waals surface area contributed by atoms with Gasteiger partial charge in [-0.15, -0.1) is 0 Å². The van der Waals surface area contributed by atoms with Gasteiger partial charge in [-0.2, -0.15) is 0 Å². The zero-order valence-corrected chi connectivity index (χ0v) is 12.3. The lowest BCUT2D eigenvalue weighted by atomic mass is 10.1. The van der Waals surface area contributed by atoms with Crippen LogP contribution in [-0.2, 0) is 16.6 Å². The van der Waals surface area contributed by atoms with Crippen LogP contribution in [0.15, 0.2) is 17.2 Å². The predicted octanol–water partition coefficient (Wildman–Crippen LogP) is 1.45. The molecule has 1 unspecified atom stereocenters. The molecule has 0 aliphatic rings. The van der Waals surface area contributed by atoms with Gasteiger partial charge in [0.2, 0.25) is 10.0 Å². The Labute approximate surface area is 109 Å². The van der Waals surface area contributed by atoms with Crippen LogP contribution in [0.3, 0.4) is 0 Å². The van der Waals surface area contributed by atoms with Crippen LogP contribution in [0.1, 0.15) is 33.4 Å². The average molecular weight is 273 g/mol. The van der Waals surface area contributed by atoms with E-state index >= 15 is 0 Å². The van der Waals surface area contributed by atoms with Crippen molar-refractivity contribution in [3.05, 3.63) is 18.0 Å². The summed E-state index contributed by atoms with van der Waals surface area (Å²) in [5, 5.41) is 3.14. The minimum atomic E-state index is -3.42. The number of aromatic amines is 1. The van der Waals surface area contributed by atoms with Gasteiger partial charge in [0.15, 0.2) is 0 Å². The van der Waals surface area contributed by atoms with Crippen LogP contribution >= 0.6 is 0 Å². The smallest absolute Gasteiger partial charge is 0.242 e. The van der Waals surface area contributed by atoms with E-state index in [9.17, 15) is 8.42 Å². The van der Waals surface area contributed by atoms with Gasteiger partial charge in [-0.25, -0.2) is 13.1 Å². The molecule has 1 aromatic rings. The van der Waals surface area contributed by atoms with Crippen molar-refractivity contribution >= 4 is 10.0 Å². The highest BCUT2D eigenvalue weighted by atomic mass is 32.2. The molecule has 0 aliphatic heterocycles. The molecular formula is C12H23N3O2S. The number of aromatic nitrogens is 1. The summed E-state index contributed by atoms with van der Waals surface area (Å²) in [4.78, 5) is 3.26. The molecule has 6 heteroatoms. The van der Waals surface area contributed by atoms with Crippen molar-refractivity contribution in [1.29, 1.82) is 0 Å². The van der Waals surface area contributed by atoms with Crippen LogP contribution in [-0.4, -0.2) is 26.0 Å². The predicted molar refractivity (Wildman–Crippen MR) is 72.8 cm³/mol. The highest BCUT2D eigenvalue weighted by Crippen LogP contribution is 2.13. The molecule has 0 aromatic carbocycles. The molecule has 1 atom stereocenters. The maximum absolute atomic E-state index is 12.1. The molecule has 1 rings (SSSR count). The van der Waals surface area contributed by atoms with Crippen LogP contribution in [0.5, 0.6) is 0 Å². The lowest BCUT2D eigenvalue weighted by molar-refractivity contribution is 0.476. The number of hydrogen-bond donors (Lipinski definition) is 3. The SMILES string of the molecule is CCNCc1cc(S(=O)(=O)NC(C)C(C)C)c[nH]1. The van der Waals surface area contributed by atoms with Gasteiger partial charge in [0.1, 0.15) is 0 Å². The first kappa shape index (κ1) is 15.2. The minimum absolute atomic E-state index is 0.0814. The van der Waals surface area contributed by atoms with Gasteiger partial charge in [-0.1, -0.05) is 20.8 Å². The summed E-state index contributed by atoms with van der Waals surface area (Å²) >= 11 is 0. The summed E-state index contributed by atoms with van der Waals surface area (Å²) in [6, 6.07) is 1.58. The molecule has 1 heterocycles. The monoisotopic (exact) mass is 273 g/mol. The van der Waals surface area contributed by atoms with Crippen LogP contribution in [0.4, 0.5) is 0 Å². The fraction of sp³-hybridized carbons (Fsp3) is 0.667. The van der Waals surface area contributed by atoms with Crippen molar-refractivity contribution in [2.45, 2.75) is 45.2 Å². The van der Waals surface area contributed by atoms with E-state index in [1.807, 2.05) is 27.7 Å². The molecule has 0 aliphatic carbocycles. The Morgan fingerprint density at radius 2 is 2.00 bits per heavy atom. The van der Waals surface area contributed by atoms with E-state index < -0.39 is 10.0 Å². The Hall–Kier alpha value is -0.850. The molecule has 0 spiro atoms. The van der Waals surface area contributed by atoms with E-state index in [4.69, 9.17) is 0 Å². The molecule has 1 aromatic heterocycles. The Morgan fingerprint density at radius 1 is 1.33 bits per heavy atom. The lowest BCUT2D eigenvalue weighted by Crippen LogP contribution is -2.35. The van der Waals surface area contributed by atoms with E-state index in [0.29, 0.717) is 11.4 Å². The van der Waals surface area contributed by atoms with Gasteiger partial charge >= 0.3 is 0 Å². The van der Waals surface area contributed by atoms with Crippen LogP contribution in [0.2, 0.25) is 0 Å². The maximum atomic E-state index is 12.1. The van der Waals surface area contributed by atoms with Crippen molar-refractivity contribution in [1.82, 2.24) is 15.0 Å². The second-order valence-electron chi connectivity index (χ2n) is 4.79. The zero-order chi connectivity index (χ0) is 13.8. The molecule has 0 saturated heterocycles. The van der Waals surface area contributed by atoms with Crippen molar-refractivity contribution < 1.29 is 8.42 Å². The van der Waals surface area contributed by atoms with Gasteiger partial charge in [0, 0.05) is 24.5 Å². The quantitative estimate of drug-likeness (QED) is 0.704. The molecule has 0 bridgehead atoms. The third-order valence-electron chi connectivity index (χ3n) is 2.93. The van der Waals surface area contributed by atoms with Crippen LogP contribution in [0, 0.1) is 5.92 Å². The second-order valence-corrected chi connectivity index (χ2v) is 6.51. The summed E-state index contributed by atoms with van der Waals surface area (Å²) in [5.74, 6) is 0.264. The van der Waals surface area contributed by atoms with E-state index in [1.165, 1.54) is 6.20 Å². The summed E-state index contributed by atoms with van der Waals surface area (Å²) in [5.41, 5.74) is 0.870. The molecule has 3 N–H and O–H groups in total. The third-order valence-corrected chi connectivity index (χ3v) is 4.47. The van der Waals surface area contributed by atoms with Gasteiger partial charge < -0.3 is 10.3 Å². The maximum Gasteiger partial charge on any atom is 0.242 e. The fourth-order valence-electron chi connectivity index (χ4n) is 1.38. The molecular weight excluding hydrogens is 250 g/mol. The van der Waals surface area contributed by atoms with Gasteiger partial charge in [-0.05, 0) is 25.5 Å². The Bertz CT molecular complexity index is 465. The van der Waals surface area contributed by atoms with E-state index in [0.717, 1.165) is 12.2 Å². The standard InChI is InChI=1S/C12H23N3O2S/c1-5-13-7-11-6-12(8-14-11)18(16,17)15-10(4)9(2)3/h6,8-10,13-15H,5,7H2,1-4H3. The Morgan fingerprint density at radius 3 is 2.56 bits per heavy atom. The highest BCUT2D eigenvalue weighted by Gasteiger charge is 2.20.